The maximum absolute atomic E-state index is 6.19. The molecule has 3 rings (SSSR count). The molecule has 170 valence electrons. The van der Waals surface area contributed by atoms with E-state index in [-0.39, 0.29) is 30.1 Å². The Morgan fingerprint density at radius 3 is 2.97 bits per heavy atom. The average Bonchev–Trinajstić information content (AvgIpc) is 3.40. The van der Waals surface area contributed by atoms with E-state index in [1.165, 1.54) is 0 Å². The lowest BCUT2D eigenvalue weighted by Gasteiger charge is -2.22. The van der Waals surface area contributed by atoms with Gasteiger partial charge in [-0.25, -0.2) is 0 Å². The van der Waals surface area contributed by atoms with E-state index in [1.807, 2.05) is 18.2 Å². The van der Waals surface area contributed by atoms with Gasteiger partial charge < -0.3 is 29.7 Å². The highest BCUT2D eigenvalue weighted by atomic mass is 127. The fourth-order valence-electron chi connectivity index (χ4n) is 3.73. The van der Waals surface area contributed by atoms with Gasteiger partial charge in [-0.2, -0.15) is 0 Å². The van der Waals surface area contributed by atoms with Crippen molar-refractivity contribution >= 4 is 47.2 Å². The van der Waals surface area contributed by atoms with Gasteiger partial charge in [-0.1, -0.05) is 11.6 Å². The van der Waals surface area contributed by atoms with Crippen LogP contribution in [-0.2, 0) is 9.47 Å². The Labute approximate surface area is 201 Å². The lowest BCUT2D eigenvalue weighted by Crippen LogP contribution is -2.44. The van der Waals surface area contributed by atoms with E-state index in [1.54, 1.807) is 7.11 Å². The Morgan fingerprint density at radius 2 is 2.23 bits per heavy atom. The third-order valence-electron chi connectivity index (χ3n) is 5.19. The van der Waals surface area contributed by atoms with E-state index in [4.69, 9.17) is 25.8 Å². The Balaban J connectivity index is 0.00000320. The fraction of sp³-hybridized carbons (Fsp3) is 0.667. The smallest absolute Gasteiger partial charge is 0.191 e. The summed E-state index contributed by atoms with van der Waals surface area (Å²) in [6.07, 6.45) is 3.52. The van der Waals surface area contributed by atoms with Crippen molar-refractivity contribution < 1.29 is 14.2 Å². The number of aliphatic imine (C=N–C) groups is 1. The molecule has 2 aliphatic heterocycles. The summed E-state index contributed by atoms with van der Waals surface area (Å²) in [6, 6.07) is 6.05. The van der Waals surface area contributed by atoms with E-state index < -0.39 is 0 Å². The molecule has 0 aromatic heterocycles. The number of ether oxygens (including phenoxy) is 3. The number of guanidine groups is 1. The first-order valence-electron chi connectivity index (χ1n) is 10.5. The lowest BCUT2D eigenvalue weighted by molar-refractivity contribution is 0.0200. The van der Waals surface area contributed by atoms with Crippen LogP contribution >= 0.6 is 35.6 Å². The quantitative estimate of drug-likeness (QED) is 0.212. The number of rotatable bonds is 9. The molecular weight excluding hydrogens is 519 g/mol. The molecule has 0 aliphatic carbocycles. The Hall–Kier alpha value is -0.970. The number of nitrogens with zero attached hydrogens (tertiary/aromatic N) is 2. The normalized spacial score (nSPS) is 21.4. The van der Waals surface area contributed by atoms with Gasteiger partial charge in [0.25, 0.3) is 0 Å². The molecule has 1 aromatic rings. The predicted molar refractivity (Wildman–Crippen MR) is 133 cm³/mol. The maximum atomic E-state index is 6.19. The first-order valence-corrected chi connectivity index (χ1v) is 10.9. The van der Waals surface area contributed by atoms with Gasteiger partial charge >= 0.3 is 0 Å². The molecule has 7 nitrogen and oxygen atoms in total. The van der Waals surface area contributed by atoms with Gasteiger partial charge in [-0.05, 0) is 44.4 Å². The molecule has 2 aliphatic rings. The summed E-state index contributed by atoms with van der Waals surface area (Å²) in [5, 5.41) is 7.58. The van der Waals surface area contributed by atoms with Gasteiger partial charge in [-0.3, -0.25) is 4.99 Å². The summed E-state index contributed by atoms with van der Waals surface area (Å²) in [7, 11) is 1.69. The molecule has 0 bridgehead atoms. The van der Waals surface area contributed by atoms with Crippen molar-refractivity contribution in [2.24, 2.45) is 4.99 Å². The van der Waals surface area contributed by atoms with E-state index in [0.717, 1.165) is 67.9 Å². The summed E-state index contributed by atoms with van der Waals surface area (Å²) >= 11 is 6.19. The molecule has 2 unspecified atom stereocenters. The highest BCUT2D eigenvalue weighted by Crippen LogP contribution is 2.33. The van der Waals surface area contributed by atoms with Crippen molar-refractivity contribution in [2.75, 3.05) is 58.0 Å². The van der Waals surface area contributed by atoms with E-state index in [2.05, 4.69) is 27.4 Å². The molecule has 1 aromatic carbocycles. The minimum atomic E-state index is 0. The predicted octanol–water partition coefficient (Wildman–Crippen LogP) is 3.30. The SMILES string of the molecule is CCNC(=NCCOCC1CCCO1)NC1CCN(c2cc(Cl)ccc2OC)C1.I. The third kappa shape index (κ3) is 7.62. The van der Waals surface area contributed by atoms with Crippen molar-refractivity contribution in [3.8, 4) is 5.75 Å². The van der Waals surface area contributed by atoms with Gasteiger partial charge in [0.15, 0.2) is 5.96 Å². The van der Waals surface area contributed by atoms with Crippen LogP contribution in [0.3, 0.4) is 0 Å². The molecule has 2 fully saturated rings. The van der Waals surface area contributed by atoms with Crippen molar-refractivity contribution in [1.82, 2.24) is 10.6 Å². The van der Waals surface area contributed by atoms with Crippen molar-refractivity contribution in [3.63, 3.8) is 0 Å². The molecule has 30 heavy (non-hydrogen) atoms. The number of methoxy groups -OCH3 is 1. The molecule has 9 heteroatoms. The topological polar surface area (TPSA) is 67.4 Å². The summed E-state index contributed by atoms with van der Waals surface area (Å²) in [6.45, 7) is 7.46. The van der Waals surface area contributed by atoms with Gasteiger partial charge in [0.1, 0.15) is 5.75 Å². The second kappa shape index (κ2) is 13.4. The monoisotopic (exact) mass is 552 g/mol. The van der Waals surface area contributed by atoms with Crippen LogP contribution in [0, 0.1) is 0 Å². The van der Waals surface area contributed by atoms with Crippen LogP contribution in [-0.4, -0.2) is 71.2 Å². The zero-order valence-electron chi connectivity index (χ0n) is 17.9. The number of benzene rings is 1. The highest BCUT2D eigenvalue weighted by Gasteiger charge is 2.25. The number of halogens is 2. The first kappa shape index (κ1) is 25.3. The summed E-state index contributed by atoms with van der Waals surface area (Å²) in [5.74, 6) is 1.68. The van der Waals surface area contributed by atoms with Crippen molar-refractivity contribution in [3.05, 3.63) is 23.2 Å². The molecule has 0 radical (unpaired) electrons. The largest absolute Gasteiger partial charge is 0.495 e. The molecule has 0 amide bonds. The zero-order valence-corrected chi connectivity index (χ0v) is 20.9. The minimum Gasteiger partial charge on any atom is -0.495 e. The molecule has 0 spiro atoms. The zero-order chi connectivity index (χ0) is 20.5. The van der Waals surface area contributed by atoms with Crippen LogP contribution in [0.15, 0.2) is 23.2 Å². The molecule has 2 saturated heterocycles. The van der Waals surface area contributed by atoms with E-state index >= 15 is 0 Å². The van der Waals surface area contributed by atoms with Crippen LogP contribution in [0.2, 0.25) is 5.02 Å². The van der Waals surface area contributed by atoms with Gasteiger partial charge in [-0.15, -0.1) is 24.0 Å². The molecular formula is C21H34ClIN4O3. The third-order valence-corrected chi connectivity index (χ3v) is 5.42. The summed E-state index contributed by atoms with van der Waals surface area (Å²) in [4.78, 5) is 6.95. The van der Waals surface area contributed by atoms with Crippen LogP contribution in [0.25, 0.3) is 0 Å². The van der Waals surface area contributed by atoms with Gasteiger partial charge in [0, 0.05) is 37.3 Å². The summed E-state index contributed by atoms with van der Waals surface area (Å²) < 4.78 is 16.8. The molecule has 2 heterocycles. The minimum absolute atomic E-state index is 0. The number of hydrogen-bond donors (Lipinski definition) is 2. The van der Waals surface area contributed by atoms with Crippen LogP contribution in [0.4, 0.5) is 5.69 Å². The molecule has 0 saturated carbocycles. The fourth-order valence-corrected chi connectivity index (χ4v) is 3.90. The van der Waals surface area contributed by atoms with Gasteiger partial charge in [0.05, 0.1) is 38.7 Å². The highest BCUT2D eigenvalue weighted by molar-refractivity contribution is 14.0. The van der Waals surface area contributed by atoms with Crippen LogP contribution in [0.1, 0.15) is 26.2 Å². The van der Waals surface area contributed by atoms with Crippen molar-refractivity contribution in [1.29, 1.82) is 0 Å². The number of hydrogen-bond acceptors (Lipinski definition) is 5. The Kier molecular flexibility index (Phi) is 11.3. The van der Waals surface area contributed by atoms with E-state index in [0.29, 0.717) is 25.8 Å². The lowest BCUT2D eigenvalue weighted by atomic mass is 10.2. The Morgan fingerprint density at radius 1 is 1.37 bits per heavy atom. The van der Waals surface area contributed by atoms with E-state index in [9.17, 15) is 0 Å². The second-order valence-electron chi connectivity index (χ2n) is 7.36. The maximum Gasteiger partial charge on any atom is 0.191 e. The van der Waals surface area contributed by atoms with Crippen LogP contribution in [0.5, 0.6) is 5.75 Å². The number of nitrogens with one attached hydrogen (secondary N) is 2. The Bertz CT molecular complexity index is 674. The molecule has 2 N–H and O–H groups in total. The standard InChI is InChI=1S/C21H33ClN4O3.HI/c1-3-23-21(24-9-12-28-15-18-5-4-11-29-18)25-17-8-10-26(14-17)19-13-16(22)6-7-20(19)27-2;/h6-7,13,17-18H,3-5,8-12,14-15H2,1-2H3,(H2,23,24,25);1H. The second-order valence-corrected chi connectivity index (χ2v) is 7.80. The average molecular weight is 553 g/mol. The van der Waals surface area contributed by atoms with Crippen LogP contribution < -0.4 is 20.3 Å². The van der Waals surface area contributed by atoms with Crippen molar-refractivity contribution in [2.45, 2.75) is 38.3 Å². The molecule has 2 atom stereocenters. The number of anilines is 1. The van der Waals surface area contributed by atoms with Gasteiger partial charge in [0.2, 0.25) is 0 Å². The first-order chi connectivity index (χ1) is 14.2. The summed E-state index contributed by atoms with van der Waals surface area (Å²) in [5.41, 5.74) is 1.04.